The number of para-hydroxylation sites is 1. The molecule has 0 saturated heterocycles. The van der Waals surface area contributed by atoms with Gasteiger partial charge in [-0.05, 0) is 49.9 Å². The molecular formula is C23H21N3O3S. The van der Waals surface area contributed by atoms with Crippen LogP contribution >= 0.6 is 11.8 Å². The van der Waals surface area contributed by atoms with E-state index < -0.39 is 0 Å². The number of carbonyl (C=O) groups is 2. The van der Waals surface area contributed by atoms with E-state index in [2.05, 4.69) is 0 Å². The minimum Gasteiger partial charge on any atom is -0.284 e. The van der Waals surface area contributed by atoms with Crippen molar-refractivity contribution < 1.29 is 9.59 Å². The van der Waals surface area contributed by atoms with Crippen LogP contribution < -0.4 is 5.56 Å². The van der Waals surface area contributed by atoms with Gasteiger partial charge >= 0.3 is 0 Å². The molecule has 30 heavy (non-hydrogen) atoms. The number of hydrogen-bond donors (Lipinski definition) is 0. The van der Waals surface area contributed by atoms with Crippen LogP contribution in [0.2, 0.25) is 0 Å². The lowest BCUT2D eigenvalue weighted by molar-refractivity contribution is 0.0652. The number of amides is 2. The molecule has 2 aromatic carbocycles. The van der Waals surface area contributed by atoms with E-state index in [1.807, 2.05) is 28.8 Å². The Morgan fingerprint density at radius 3 is 2.27 bits per heavy atom. The molecule has 5 rings (SSSR count). The van der Waals surface area contributed by atoms with Crippen molar-refractivity contribution in [2.75, 3.05) is 12.3 Å². The topological polar surface area (TPSA) is 72.3 Å². The maximum Gasteiger partial charge on any atom is 0.262 e. The van der Waals surface area contributed by atoms with Gasteiger partial charge in [-0.15, -0.1) is 0 Å². The summed E-state index contributed by atoms with van der Waals surface area (Å²) in [6.45, 7) is 0.410. The van der Waals surface area contributed by atoms with E-state index in [4.69, 9.17) is 4.98 Å². The van der Waals surface area contributed by atoms with Crippen LogP contribution in [0.4, 0.5) is 0 Å². The molecule has 1 aliphatic carbocycles. The van der Waals surface area contributed by atoms with Crippen LogP contribution in [0.5, 0.6) is 0 Å². The number of thioether (sulfide) groups is 1. The van der Waals surface area contributed by atoms with E-state index in [1.165, 1.54) is 4.90 Å². The third-order valence-corrected chi connectivity index (χ3v) is 6.61. The lowest BCUT2D eigenvalue weighted by Gasteiger charge is -2.14. The van der Waals surface area contributed by atoms with E-state index in [9.17, 15) is 14.4 Å². The number of nitrogens with zero attached hydrogens (tertiary/aromatic N) is 3. The summed E-state index contributed by atoms with van der Waals surface area (Å²) >= 11 is 1.58. The Morgan fingerprint density at radius 2 is 1.57 bits per heavy atom. The molecule has 1 fully saturated rings. The van der Waals surface area contributed by atoms with E-state index in [0.29, 0.717) is 23.1 Å². The zero-order chi connectivity index (χ0) is 20.7. The maximum atomic E-state index is 12.9. The molecule has 1 saturated carbocycles. The van der Waals surface area contributed by atoms with Crippen LogP contribution in [0.15, 0.2) is 58.5 Å². The zero-order valence-electron chi connectivity index (χ0n) is 16.4. The molecule has 1 aliphatic heterocycles. The minimum atomic E-state index is -0.206. The molecule has 3 aromatic rings. The van der Waals surface area contributed by atoms with Gasteiger partial charge in [-0.1, -0.05) is 36.0 Å². The summed E-state index contributed by atoms with van der Waals surface area (Å²) in [5, 5.41) is 1.43. The lowest BCUT2D eigenvalue weighted by atomic mass is 10.1. The Bertz CT molecular complexity index is 1180. The van der Waals surface area contributed by atoms with Gasteiger partial charge in [0.15, 0.2) is 5.16 Å². The van der Waals surface area contributed by atoms with Crippen molar-refractivity contribution in [1.82, 2.24) is 14.5 Å². The Balaban J connectivity index is 1.23. The fraction of sp³-hybridized carbons (Fsp3) is 0.304. The Hall–Kier alpha value is -2.93. The van der Waals surface area contributed by atoms with Gasteiger partial charge in [-0.3, -0.25) is 23.9 Å². The number of unbranched alkanes of at least 4 members (excludes halogenated alkanes) is 1. The van der Waals surface area contributed by atoms with Gasteiger partial charge in [0.05, 0.1) is 22.0 Å². The standard InChI is InChI=1S/C23H21N3O3S/c27-20-16-7-1-2-8-17(16)21(28)25(20)13-5-6-14-30-23-24-19-10-4-3-9-18(19)22(29)26(23)15-11-12-15/h1-4,7-10,15H,5-6,11-14H2. The Labute approximate surface area is 177 Å². The minimum absolute atomic E-state index is 0.0385. The van der Waals surface area contributed by atoms with Crippen LogP contribution in [-0.4, -0.2) is 38.6 Å². The van der Waals surface area contributed by atoms with Crippen molar-refractivity contribution in [3.05, 3.63) is 70.0 Å². The first-order chi connectivity index (χ1) is 14.6. The summed E-state index contributed by atoms with van der Waals surface area (Å²) in [5.41, 5.74) is 1.75. The fourth-order valence-electron chi connectivity index (χ4n) is 3.86. The average Bonchev–Trinajstić information content (AvgIpc) is 3.57. The molecule has 2 heterocycles. The molecule has 0 spiro atoms. The molecule has 0 unspecified atom stereocenters. The van der Waals surface area contributed by atoms with E-state index in [0.717, 1.165) is 42.1 Å². The second kappa shape index (κ2) is 7.72. The quantitative estimate of drug-likeness (QED) is 0.251. The van der Waals surface area contributed by atoms with Crippen molar-refractivity contribution in [2.24, 2.45) is 0 Å². The third-order valence-electron chi connectivity index (χ3n) is 5.57. The molecular weight excluding hydrogens is 398 g/mol. The number of hydrogen-bond acceptors (Lipinski definition) is 5. The normalized spacial score (nSPS) is 15.8. The smallest absolute Gasteiger partial charge is 0.262 e. The van der Waals surface area contributed by atoms with Crippen LogP contribution in [0.1, 0.15) is 52.4 Å². The van der Waals surface area contributed by atoms with Crippen LogP contribution in [0.25, 0.3) is 10.9 Å². The molecule has 0 bridgehead atoms. The number of aromatic nitrogens is 2. The van der Waals surface area contributed by atoms with Gasteiger partial charge in [0, 0.05) is 18.3 Å². The van der Waals surface area contributed by atoms with Crippen molar-refractivity contribution in [3.8, 4) is 0 Å². The summed E-state index contributed by atoms with van der Waals surface area (Å²) < 4.78 is 1.84. The summed E-state index contributed by atoms with van der Waals surface area (Å²) in [4.78, 5) is 43.8. The van der Waals surface area contributed by atoms with Crippen LogP contribution in [0, 0.1) is 0 Å². The van der Waals surface area contributed by atoms with Gasteiger partial charge in [-0.2, -0.15) is 0 Å². The van der Waals surface area contributed by atoms with Gasteiger partial charge in [-0.25, -0.2) is 4.98 Å². The first-order valence-corrected chi connectivity index (χ1v) is 11.2. The first kappa shape index (κ1) is 19.1. The van der Waals surface area contributed by atoms with E-state index in [-0.39, 0.29) is 23.4 Å². The number of fused-ring (bicyclic) bond motifs is 2. The molecule has 6 nitrogen and oxygen atoms in total. The molecule has 152 valence electrons. The summed E-state index contributed by atoms with van der Waals surface area (Å²) in [6.07, 6.45) is 3.59. The van der Waals surface area contributed by atoms with E-state index >= 15 is 0 Å². The average molecular weight is 420 g/mol. The summed E-state index contributed by atoms with van der Waals surface area (Å²) in [6, 6.07) is 14.7. The molecule has 2 amide bonds. The predicted molar refractivity (Wildman–Crippen MR) is 116 cm³/mol. The van der Waals surface area contributed by atoms with Crippen LogP contribution in [0.3, 0.4) is 0 Å². The van der Waals surface area contributed by atoms with Crippen LogP contribution in [-0.2, 0) is 0 Å². The third kappa shape index (κ3) is 3.33. The van der Waals surface area contributed by atoms with Crippen molar-refractivity contribution in [2.45, 2.75) is 36.9 Å². The van der Waals surface area contributed by atoms with Crippen molar-refractivity contribution in [3.63, 3.8) is 0 Å². The largest absolute Gasteiger partial charge is 0.284 e. The number of carbonyl (C=O) groups excluding carboxylic acids is 2. The Kier molecular flexibility index (Phi) is 4.90. The SMILES string of the molecule is O=C1c2ccccc2C(=O)N1CCCCSc1nc2ccccc2c(=O)n1C1CC1. The molecule has 7 heteroatoms. The zero-order valence-corrected chi connectivity index (χ0v) is 17.2. The van der Waals surface area contributed by atoms with Crippen molar-refractivity contribution >= 4 is 34.5 Å². The number of imide groups is 1. The Morgan fingerprint density at radius 1 is 0.900 bits per heavy atom. The maximum absolute atomic E-state index is 12.9. The second-order valence-electron chi connectivity index (χ2n) is 7.68. The van der Waals surface area contributed by atoms with Gasteiger partial charge in [0.2, 0.25) is 0 Å². The number of rotatable bonds is 7. The summed E-state index contributed by atoms with van der Waals surface area (Å²) in [5.74, 6) is 0.366. The first-order valence-electron chi connectivity index (χ1n) is 10.2. The number of benzene rings is 2. The highest BCUT2D eigenvalue weighted by atomic mass is 32.2. The highest BCUT2D eigenvalue weighted by Crippen LogP contribution is 2.37. The highest BCUT2D eigenvalue weighted by molar-refractivity contribution is 7.99. The molecule has 0 radical (unpaired) electrons. The monoisotopic (exact) mass is 419 g/mol. The molecule has 1 aromatic heterocycles. The van der Waals surface area contributed by atoms with Gasteiger partial charge in [0.1, 0.15) is 0 Å². The summed E-state index contributed by atoms with van der Waals surface area (Å²) in [7, 11) is 0. The highest BCUT2D eigenvalue weighted by Gasteiger charge is 2.34. The van der Waals surface area contributed by atoms with Crippen molar-refractivity contribution in [1.29, 1.82) is 0 Å². The van der Waals surface area contributed by atoms with E-state index in [1.54, 1.807) is 36.0 Å². The van der Waals surface area contributed by atoms with Gasteiger partial charge in [0.25, 0.3) is 17.4 Å². The lowest BCUT2D eigenvalue weighted by Crippen LogP contribution is -2.30. The van der Waals surface area contributed by atoms with Gasteiger partial charge < -0.3 is 0 Å². The molecule has 2 aliphatic rings. The molecule has 0 N–H and O–H groups in total. The molecule has 0 atom stereocenters. The fourth-order valence-corrected chi connectivity index (χ4v) is 4.92. The predicted octanol–water partition coefficient (Wildman–Crippen LogP) is 3.90. The second-order valence-corrected chi connectivity index (χ2v) is 8.74.